The van der Waals surface area contributed by atoms with Crippen molar-refractivity contribution in [3.05, 3.63) is 29.1 Å². The summed E-state index contributed by atoms with van der Waals surface area (Å²) in [6.07, 6.45) is 1.99. The van der Waals surface area contributed by atoms with Gasteiger partial charge in [-0.1, -0.05) is 6.07 Å². The highest BCUT2D eigenvalue weighted by Gasteiger charge is 2.32. The molecule has 23 heavy (non-hydrogen) atoms. The topological polar surface area (TPSA) is 62.3 Å². The average molecular weight is 351 g/mol. The number of nitrogens with zero attached hydrogens (tertiary/aromatic N) is 2. The maximum atomic E-state index is 12.0. The van der Waals surface area contributed by atoms with Gasteiger partial charge in [0.05, 0.1) is 17.6 Å². The summed E-state index contributed by atoms with van der Waals surface area (Å²) in [6, 6.07) is 6.21. The summed E-state index contributed by atoms with van der Waals surface area (Å²) in [5.41, 5.74) is 3.80. The molecule has 0 fully saturated rings. The number of fused-ring (bicyclic) bond motifs is 1. The first kappa shape index (κ1) is 16.3. The predicted octanol–water partition coefficient (Wildman–Crippen LogP) is 3.34. The Morgan fingerprint density at radius 3 is 2.78 bits per heavy atom. The Kier molecular flexibility index (Phi) is 4.10. The van der Waals surface area contributed by atoms with Gasteiger partial charge in [-0.05, 0) is 44.9 Å². The number of anilines is 2. The van der Waals surface area contributed by atoms with Crippen molar-refractivity contribution in [1.29, 1.82) is 0 Å². The summed E-state index contributed by atoms with van der Waals surface area (Å²) in [4.78, 5) is 4.61. The van der Waals surface area contributed by atoms with E-state index >= 15 is 0 Å². The second-order valence-electron chi connectivity index (χ2n) is 6.29. The molecule has 1 aromatic carbocycles. The van der Waals surface area contributed by atoms with Gasteiger partial charge >= 0.3 is 0 Å². The van der Waals surface area contributed by atoms with E-state index in [4.69, 9.17) is 0 Å². The molecule has 3 rings (SSSR count). The third-order valence-electron chi connectivity index (χ3n) is 3.80. The fourth-order valence-electron chi connectivity index (χ4n) is 2.99. The molecule has 2 heterocycles. The Morgan fingerprint density at radius 2 is 2.13 bits per heavy atom. The van der Waals surface area contributed by atoms with Gasteiger partial charge < -0.3 is 5.32 Å². The number of rotatable bonds is 4. The zero-order valence-electron chi connectivity index (χ0n) is 13.7. The van der Waals surface area contributed by atoms with Gasteiger partial charge in [-0.3, -0.25) is 4.31 Å². The Morgan fingerprint density at radius 1 is 1.39 bits per heavy atom. The molecule has 0 saturated heterocycles. The van der Waals surface area contributed by atoms with Gasteiger partial charge in [0.1, 0.15) is 0 Å². The van der Waals surface area contributed by atoms with Gasteiger partial charge in [0.15, 0.2) is 5.13 Å². The van der Waals surface area contributed by atoms with E-state index in [1.54, 1.807) is 11.3 Å². The van der Waals surface area contributed by atoms with E-state index in [9.17, 15) is 8.42 Å². The Labute approximate surface area is 141 Å². The molecule has 0 amide bonds. The molecule has 1 N–H and O–H groups in total. The highest BCUT2D eigenvalue weighted by Crippen LogP contribution is 2.37. The molecular weight excluding hydrogens is 330 g/mol. The number of hydrogen-bond donors (Lipinski definition) is 1. The van der Waals surface area contributed by atoms with Gasteiger partial charge in [0.25, 0.3) is 0 Å². The van der Waals surface area contributed by atoms with Crippen molar-refractivity contribution in [2.45, 2.75) is 39.3 Å². The molecule has 5 nitrogen and oxygen atoms in total. The first-order valence-electron chi connectivity index (χ1n) is 7.60. The second kappa shape index (κ2) is 5.79. The molecule has 0 unspecified atom stereocenters. The van der Waals surface area contributed by atoms with Crippen LogP contribution in [0.1, 0.15) is 26.3 Å². The van der Waals surface area contributed by atoms with Crippen molar-refractivity contribution in [2.75, 3.05) is 15.9 Å². The molecule has 0 spiro atoms. The summed E-state index contributed by atoms with van der Waals surface area (Å²) in [6.45, 7) is 6.10. The molecule has 0 aliphatic carbocycles. The fraction of sp³-hybridized carbons (Fsp3) is 0.438. The van der Waals surface area contributed by atoms with Crippen molar-refractivity contribution >= 4 is 32.2 Å². The predicted molar refractivity (Wildman–Crippen MR) is 96.8 cm³/mol. The van der Waals surface area contributed by atoms with E-state index in [0.717, 1.165) is 34.1 Å². The number of sulfonamides is 1. The summed E-state index contributed by atoms with van der Waals surface area (Å²) < 4.78 is 25.5. The van der Waals surface area contributed by atoms with E-state index in [0.29, 0.717) is 6.04 Å². The van der Waals surface area contributed by atoms with Gasteiger partial charge in [-0.2, -0.15) is 0 Å². The normalized spacial score (nSPS) is 17.6. The quantitative estimate of drug-likeness (QED) is 0.918. The molecule has 1 aliphatic rings. The molecule has 124 valence electrons. The second-order valence-corrected chi connectivity index (χ2v) is 9.01. The van der Waals surface area contributed by atoms with Crippen molar-refractivity contribution < 1.29 is 8.42 Å². The Balaban J connectivity index is 1.94. The van der Waals surface area contributed by atoms with Crippen LogP contribution in [0.3, 0.4) is 0 Å². The minimum atomic E-state index is -3.24. The van der Waals surface area contributed by atoms with Crippen molar-refractivity contribution in [3.8, 4) is 11.3 Å². The largest absolute Gasteiger partial charge is 0.359 e. The monoisotopic (exact) mass is 351 g/mol. The first-order valence-corrected chi connectivity index (χ1v) is 10.3. The Bertz CT molecular complexity index is 828. The van der Waals surface area contributed by atoms with E-state index in [-0.39, 0.29) is 6.04 Å². The minimum absolute atomic E-state index is 0.0381. The van der Waals surface area contributed by atoms with Crippen molar-refractivity contribution in [2.24, 2.45) is 0 Å². The molecule has 1 atom stereocenters. The van der Waals surface area contributed by atoms with Crippen LogP contribution < -0.4 is 9.62 Å². The molecule has 0 radical (unpaired) electrons. The third-order valence-corrected chi connectivity index (χ3v) is 5.85. The minimum Gasteiger partial charge on any atom is -0.359 e. The van der Waals surface area contributed by atoms with Crippen LogP contribution in [0.4, 0.5) is 10.8 Å². The summed E-state index contributed by atoms with van der Waals surface area (Å²) >= 11 is 1.58. The number of nitrogens with one attached hydrogen (secondary N) is 1. The van der Waals surface area contributed by atoms with Crippen LogP contribution in [0.5, 0.6) is 0 Å². The smallest absolute Gasteiger partial charge is 0.232 e. The number of thiazole rings is 1. The summed E-state index contributed by atoms with van der Waals surface area (Å²) in [7, 11) is -3.24. The van der Waals surface area contributed by atoms with Crippen LogP contribution in [-0.4, -0.2) is 31.7 Å². The molecule has 0 saturated carbocycles. The van der Waals surface area contributed by atoms with E-state index in [1.165, 1.54) is 10.6 Å². The average Bonchev–Trinajstić information content (AvgIpc) is 2.99. The SMILES string of the molecule is CC(C)Nc1nc(-c2ccc3c(c2)C[C@H](C)N3S(C)(=O)=O)cs1. The van der Waals surface area contributed by atoms with Crippen LogP contribution in [0, 0.1) is 0 Å². The number of benzene rings is 1. The molecular formula is C16H21N3O2S2. The van der Waals surface area contributed by atoms with E-state index in [2.05, 4.69) is 30.2 Å². The van der Waals surface area contributed by atoms with Crippen LogP contribution in [0.25, 0.3) is 11.3 Å². The Hall–Kier alpha value is -1.60. The number of aromatic nitrogens is 1. The lowest BCUT2D eigenvalue weighted by Crippen LogP contribution is -2.34. The summed E-state index contributed by atoms with van der Waals surface area (Å²) in [5, 5.41) is 6.23. The van der Waals surface area contributed by atoms with Crippen LogP contribution in [-0.2, 0) is 16.4 Å². The number of hydrogen-bond acceptors (Lipinski definition) is 5. The van der Waals surface area contributed by atoms with Crippen molar-refractivity contribution in [3.63, 3.8) is 0 Å². The molecule has 1 aliphatic heterocycles. The molecule has 7 heteroatoms. The van der Waals surface area contributed by atoms with Crippen LogP contribution >= 0.6 is 11.3 Å². The molecule has 0 bridgehead atoms. The fourth-order valence-corrected chi connectivity index (χ4v) is 5.12. The maximum Gasteiger partial charge on any atom is 0.232 e. The molecule has 2 aromatic rings. The van der Waals surface area contributed by atoms with Gasteiger partial charge in [-0.25, -0.2) is 13.4 Å². The lowest BCUT2D eigenvalue weighted by molar-refractivity contribution is 0.590. The highest BCUT2D eigenvalue weighted by atomic mass is 32.2. The van der Waals surface area contributed by atoms with Gasteiger partial charge in [0.2, 0.25) is 10.0 Å². The van der Waals surface area contributed by atoms with E-state index < -0.39 is 10.0 Å². The van der Waals surface area contributed by atoms with Crippen LogP contribution in [0.2, 0.25) is 0 Å². The van der Waals surface area contributed by atoms with Crippen LogP contribution in [0.15, 0.2) is 23.6 Å². The lowest BCUT2D eigenvalue weighted by Gasteiger charge is -2.21. The van der Waals surface area contributed by atoms with Gasteiger partial charge in [-0.15, -0.1) is 11.3 Å². The van der Waals surface area contributed by atoms with Gasteiger partial charge in [0, 0.05) is 23.0 Å². The zero-order chi connectivity index (χ0) is 16.8. The highest BCUT2D eigenvalue weighted by molar-refractivity contribution is 7.92. The third kappa shape index (κ3) is 3.21. The summed E-state index contributed by atoms with van der Waals surface area (Å²) in [5.74, 6) is 0. The zero-order valence-corrected chi connectivity index (χ0v) is 15.3. The van der Waals surface area contributed by atoms with Crippen molar-refractivity contribution in [1.82, 2.24) is 4.98 Å². The maximum absolute atomic E-state index is 12.0. The van der Waals surface area contributed by atoms with E-state index in [1.807, 2.05) is 24.4 Å². The molecule has 1 aromatic heterocycles. The lowest BCUT2D eigenvalue weighted by atomic mass is 10.1. The first-order chi connectivity index (χ1) is 10.8. The standard InChI is InChI=1S/C16H21N3O2S2/c1-10(2)17-16-18-14(9-22-16)12-5-6-15-13(8-12)7-11(3)19(15)23(4,20)21/h5-6,8-11H,7H2,1-4H3,(H,17,18)/t11-/m0/s1.